The van der Waals surface area contributed by atoms with Gasteiger partial charge in [0.25, 0.3) is 0 Å². The molecule has 0 fully saturated rings. The molecule has 2 aromatic rings. The van der Waals surface area contributed by atoms with Crippen LogP contribution in [0.4, 0.5) is 0 Å². The van der Waals surface area contributed by atoms with Crippen LogP contribution in [0.15, 0.2) is 41.9 Å². The van der Waals surface area contributed by atoms with E-state index in [1.807, 2.05) is 11.4 Å². The van der Waals surface area contributed by atoms with Crippen LogP contribution in [0, 0.1) is 5.21 Å². The number of carbonyl (C=O) groups is 1. The number of ketones is 1. The molecule has 0 aliphatic heterocycles. The fourth-order valence-electron chi connectivity index (χ4n) is 1.29. The highest BCUT2D eigenvalue weighted by Crippen LogP contribution is 2.11. The SMILES string of the molecule is O=C(Cc1cccc[n+]1[O-])c1cccs1. The molecule has 0 amide bonds. The zero-order valence-corrected chi connectivity index (χ0v) is 8.74. The van der Waals surface area contributed by atoms with Crippen molar-refractivity contribution in [1.29, 1.82) is 0 Å². The molecule has 0 aliphatic rings. The average Bonchev–Trinajstić information content (AvgIpc) is 2.74. The lowest BCUT2D eigenvalue weighted by Gasteiger charge is -2.01. The summed E-state index contributed by atoms with van der Waals surface area (Å²) in [6, 6.07) is 8.66. The van der Waals surface area contributed by atoms with Crippen LogP contribution in [0.5, 0.6) is 0 Å². The minimum absolute atomic E-state index is 0.0131. The van der Waals surface area contributed by atoms with Crippen molar-refractivity contribution in [3.05, 3.63) is 57.7 Å². The normalized spacial score (nSPS) is 10.1. The predicted molar refractivity (Wildman–Crippen MR) is 57.8 cm³/mol. The number of Topliss-reactive ketones (excluding diaryl/α,β-unsaturated/α-hetero) is 1. The zero-order valence-electron chi connectivity index (χ0n) is 7.92. The van der Waals surface area contributed by atoms with Crippen LogP contribution in [-0.2, 0) is 6.42 Å². The first-order valence-electron chi connectivity index (χ1n) is 4.51. The van der Waals surface area contributed by atoms with E-state index in [4.69, 9.17) is 0 Å². The Morgan fingerprint density at radius 2 is 2.20 bits per heavy atom. The van der Waals surface area contributed by atoms with E-state index in [1.165, 1.54) is 17.5 Å². The van der Waals surface area contributed by atoms with Gasteiger partial charge in [0, 0.05) is 12.1 Å². The molecule has 0 unspecified atom stereocenters. The molecular weight excluding hydrogens is 210 g/mol. The Labute approximate surface area is 91.2 Å². The summed E-state index contributed by atoms with van der Waals surface area (Å²) in [6.07, 6.45) is 1.56. The van der Waals surface area contributed by atoms with E-state index in [1.54, 1.807) is 24.3 Å². The van der Waals surface area contributed by atoms with E-state index < -0.39 is 0 Å². The highest BCUT2D eigenvalue weighted by atomic mass is 32.1. The lowest BCUT2D eigenvalue weighted by Crippen LogP contribution is -2.32. The van der Waals surface area contributed by atoms with Gasteiger partial charge in [-0.05, 0) is 17.5 Å². The largest absolute Gasteiger partial charge is 0.618 e. The first-order chi connectivity index (χ1) is 7.27. The van der Waals surface area contributed by atoms with Crippen LogP contribution in [0.2, 0.25) is 0 Å². The second-order valence-corrected chi connectivity index (χ2v) is 4.04. The topological polar surface area (TPSA) is 44.0 Å². The Hall–Kier alpha value is -1.68. The Kier molecular flexibility index (Phi) is 2.78. The smallest absolute Gasteiger partial charge is 0.200 e. The van der Waals surface area contributed by atoms with Crippen LogP contribution in [-0.4, -0.2) is 5.78 Å². The van der Waals surface area contributed by atoms with Gasteiger partial charge in [-0.2, -0.15) is 4.73 Å². The van der Waals surface area contributed by atoms with Gasteiger partial charge in [-0.3, -0.25) is 4.79 Å². The van der Waals surface area contributed by atoms with Crippen molar-refractivity contribution in [3.63, 3.8) is 0 Å². The zero-order chi connectivity index (χ0) is 10.7. The third-order valence-corrected chi connectivity index (χ3v) is 2.95. The number of pyridine rings is 1. The molecule has 4 heteroatoms. The molecular formula is C11H9NO2S. The molecule has 0 aromatic carbocycles. The van der Waals surface area contributed by atoms with E-state index in [-0.39, 0.29) is 12.2 Å². The van der Waals surface area contributed by atoms with Gasteiger partial charge in [0.05, 0.1) is 11.3 Å². The van der Waals surface area contributed by atoms with E-state index in [9.17, 15) is 10.0 Å². The highest BCUT2D eigenvalue weighted by molar-refractivity contribution is 7.12. The van der Waals surface area contributed by atoms with Crippen molar-refractivity contribution in [3.8, 4) is 0 Å². The van der Waals surface area contributed by atoms with Crippen LogP contribution in [0.1, 0.15) is 15.4 Å². The summed E-state index contributed by atoms with van der Waals surface area (Å²) in [5.74, 6) is -0.0131. The standard InChI is InChI=1S/C11H9NO2S/c13-10(11-5-3-7-15-11)8-9-4-1-2-6-12(9)14/h1-7H,8H2. The second-order valence-electron chi connectivity index (χ2n) is 3.10. The van der Waals surface area contributed by atoms with Crippen molar-refractivity contribution in [1.82, 2.24) is 0 Å². The van der Waals surface area contributed by atoms with Gasteiger partial charge in [-0.25, -0.2) is 0 Å². The van der Waals surface area contributed by atoms with Gasteiger partial charge in [0.2, 0.25) is 5.69 Å². The fourth-order valence-corrected chi connectivity index (χ4v) is 1.95. The lowest BCUT2D eigenvalue weighted by molar-refractivity contribution is -0.613. The minimum atomic E-state index is -0.0131. The third kappa shape index (κ3) is 2.22. The Bertz CT molecular complexity index is 465. The Morgan fingerprint density at radius 3 is 2.87 bits per heavy atom. The molecule has 0 atom stereocenters. The van der Waals surface area contributed by atoms with Gasteiger partial charge in [-0.15, -0.1) is 11.3 Å². The third-order valence-electron chi connectivity index (χ3n) is 2.04. The fraction of sp³-hybridized carbons (Fsp3) is 0.0909. The molecule has 3 nitrogen and oxygen atoms in total. The number of hydrogen-bond donors (Lipinski definition) is 0. The maximum Gasteiger partial charge on any atom is 0.200 e. The van der Waals surface area contributed by atoms with Crippen molar-refractivity contribution in [2.45, 2.75) is 6.42 Å². The maximum absolute atomic E-state index is 11.7. The molecule has 0 aliphatic carbocycles. The molecule has 2 aromatic heterocycles. The molecule has 0 spiro atoms. The van der Waals surface area contributed by atoms with E-state index in [0.29, 0.717) is 10.6 Å². The van der Waals surface area contributed by atoms with Crippen molar-refractivity contribution in [2.24, 2.45) is 0 Å². The van der Waals surface area contributed by atoms with Crippen LogP contribution < -0.4 is 4.73 Å². The molecule has 0 N–H and O–H groups in total. The van der Waals surface area contributed by atoms with Gasteiger partial charge in [0.1, 0.15) is 0 Å². The number of nitrogens with zero attached hydrogens (tertiary/aromatic N) is 1. The van der Waals surface area contributed by atoms with Crippen LogP contribution in [0.3, 0.4) is 0 Å². The molecule has 2 rings (SSSR count). The molecule has 0 radical (unpaired) electrons. The number of carbonyl (C=O) groups excluding carboxylic acids is 1. The summed E-state index contributed by atoms with van der Waals surface area (Å²) in [7, 11) is 0. The number of thiophene rings is 1. The number of rotatable bonds is 3. The average molecular weight is 219 g/mol. The monoisotopic (exact) mass is 219 g/mol. The van der Waals surface area contributed by atoms with Gasteiger partial charge in [-0.1, -0.05) is 6.07 Å². The first kappa shape index (κ1) is 9.86. The molecule has 76 valence electrons. The van der Waals surface area contributed by atoms with Gasteiger partial charge >= 0.3 is 0 Å². The number of hydrogen-bond acceptors (Lipinski definition) is 3. The summed E-state index contributed by atoms with van der Waals surface area (Å²) in [4.78, 5) is 12.4. The second kappa shape index (κ2) is 4.23. The maximum atomic E-state index is 11.7. The Balaban J connectivity index is 2.17. The van der Waals surface area contributed by atoms with Crippen molar-refractivity contribution >= 4 is 17.1 Å². The summed E-state index contributed by atoms with van der Waals surface area (Å²) >= 11 is 1.40. The number of aromatic nitrogens is 1. The minimum Gasteiger partial charge on any atom is -0.618 e. The van der Waals surface area contributed by atoms with Gasteiger partial charge < -0.3 is 5.21 Å². The summed E-state index contributed by atoms with van der Waals surface area (Å²) in [5.41, 5.74) is 0.482. The predicted octanol–water partition coefficient (Wildman–Crippen LogP) is 1.81. The quantitative estimate of drug-likeness (QED) is 0.449. The van der Waals surface area contributed by atoms with E-state index in [2.05, 4.69) is 0 Å². The van der Waals surface area contributed by atoms with E-state index >= 15 is 0 Å². The summed E-state index contributed by atoms with van der Waals surface area (Å²) in [5, 5.41) is 13.1. The molecule has 0 saturated heterocycles. The summed E-state index contributed by atoms with van der Waals surface area (Å²) in [6.45, 7) is 0. The van der Waals surface area contributed by atoms with Crippen molar-refractivity contribution in [2.75, 3.05) is 0 Å². The molecule has 0 saturated carbocycles. The van der Waals surface area contributed by atoms with Crippen LogP contribution >= 0.6 is 11.3 Å². The van der Waals surface area contributed by atoms with Crippen molar-refractivity contribution < 1.29 is 9.52 Å². The molecule has 2 heterocycles. The molecule has 0 bridgehead atoms. The van der Waals surface area contributed by atoms with Crippen LogP contribution in [0.25, 0.3) is 0 Å². The lowest BCUT2D eigenvalue weighted by atomic mass is 10.2. The summed E-state index contributed by atoms with van der Waals surface area (Å²) < 4.78 is 0.728. The highest BCUT2D eigenvalue weighted by Gasteiger charge is 2.13. The molecule has 15 heavy (non-hydrogen) atoms. The Morgan fingerprint density at radius 1 is 1.33 bits per heavy atom. The van der Waals surface area contributed by atoms with Gasteiger partial charge in [0.15, 0.2) is 12.0 Å². The first-order valence-corrected chi connectivity index (χ1v) is 5.39. The van der Waals surface area contributed by atoms with E-state index in [0.717, 1.165) is 4.73 Å².